The average molecular weight is 454 g/mol. The van der Waals surface area contributed by atoms with Gasteiger partial charge in [0.05, 0.1) is 0 Å². The number of ether oxygens (including phenoxy) is 3. The number of hydrogen-bond donors (Lipinski definition) is 1. The molecule has 2 aliphatic rings. The highest BCUT2D eigenvalue weighted by molar-refractivity contribution is 5.88. The molecule has 0 unspecified atom stereocenters. The molecular formula is C25H31N3O5. The van der Waals surface area contributed by atoms with E-state index in [0.717, 1.165) is 36.7 Å². The summed E-state index contributed by atoms with van der Waals surface area (Å²) in [6, 6.07) is 14.6. The lowest BCUT2D eigenvalue weighted by atomic mass is 10.0. The van der Waals surface area contributed by atoms with Crippen LogP contribution >= 0.6 is 0 Å². The van der Waals surface area contributed by atoms with Crippen LogP contribution in [0.15, 0.2) is 48.5 Å². The van der Waals surface area contributed by atoms with E-state index >= 15 is 0 Å². The van der Waals surface area contributed by atoms with E-state index in [2.05, 4.69) is 10.2 Å². The molecule has 2 amide bonds. The van der Waals surface area contributed by atoms with Crippen molar-refractivity contribution < 1.29 is 23.8 Å². The second kappa shape index (κ2) is 10.6. The molecule has 2 aromatic carbocycles. The summed E-state index contributed by atoms with van der Waals surface area (Å²) in [5.74, 6) is 1.83. The molecular weight excluding hydrogens is 422 g/mol. The van der Waals surface area contributed by atoms with Crippen molar-refractivity contribution >= 4 is 11.8 Å². The van der Waals surface area contributed by atoms with E-state index in [9.17, 15) is 9.59 Å². The standard InChI is InChI=1S/C25H31N3O5/c1-18(2)24(26-23(29)16-31-20-6-4-3-5-7-20)25(30)28-12-10-27(11-13-28)15-19-8-9-21-22(14-19)33-17-32-21/h3-9,14,18,24H,10-13,15-17H2,1-2H3,(H,26,29)/t24-/m0/s1. The number of carbonyl (C=O) groups excluding carboxylic acids is 2. The van der Waals surface area contributed by atoms with Crippen LogP contribution in [0.25, 0.3) is 0 Å². The topological polar surface area (TPSA) is 80.3 Å². The van der Waals surface area contributed by atoms with Crippen molar-refractivity contribution in [3.05, 3.63) is 54.1 Å². The smallest absolute Gasteiger partial charge is 0.258 e. The summed E-state index contributed by atoms with van der Waals surface area (Å²) in [6.45, 7) is 7.63. The molecule has 176 valence electrons. The lowest BCUT2D eigenvalue weighted by Crippen LogP contribution is -2.56. The molecule has 33 heavy (non-hydrogen) atoms. The minimum Gasteiger partial charge on any atom is -0.484 e. The lowest BCUT2D eigenvalue weighted by molar-refractivity contribution is -0.139. The molecule has 0 spiro atoms. The van der Waals surface area contributed by atoms with Gasteiger partial charge in [0.15, 0.2) is 18.1 Å². The number of hydrogen-bond acceptors (Lipinski definition) is 6. The summed E-state index contributed by atoms with van der Waals surface area (Å²) in [7, 11) is 0. The first kappa shape index (κ1) is 22.9. The Balaban J connectivity index is 1.26. The minimum absolute atomic E-state index is 0.0233. The maximum Gasteiger partial charge on any atom is 0.258 e. The number of carbonyl (C=O) groups is 2. The molecule has 2 aliphatic heterocycles. The fourth-order valence-electron chi connectivity index (χ4n) is 4.01. The summed E-state index contributed by atoms with van der Waals surface area (Å²) in [5.41, 5.74) is 1.16. The van der Waals surface area contributed by atoms with E-state index in [1.807, 2.05) is 55.1 Å². The third-order valence-electron chi connectivity index (χ3n) is 5.89. The Morgan fingerprint density at radius 1 is 1.00 bits per heavy atom. The van der Waals surface area contributed by atoms with Crippen molar-refractivity contribution in [3.63, 3.8) is 0 Å². The molecule has 4 rings (SSSR count). The van der Waals surface area contributed by atoms with Crippen molar-refractivity contribution in [1.82, 2.24) is 15.1 Å². The summed E-state index contributed by atoms with van der Waals surface area (Å²) >= 11 is 0. The number of para-hydroxylation sites is 1. The van der Waals surface area contributed by atoms with Crippen molar-refractivity contribution in [2.24, 2.45) is 5.92 Å². The number of rotatable bonds is 8. The number of benzene rings is 2. The predicted octanol–water partition coefficient (Wildman–Crippen LogP) is 2.28. The van der Waals surface area contributed by atoms with Gasteiger partial charge in [0.25, 0.3) is 5.91 Å². The van der Waals surface area contributed by atoms with Gasteiger partial charge in [-0.25, -0.2) is 0 Å². The monoisotopic (exact) mass is 453 g/mol. The van der Waals surface area contributed by atoms with Crippen LogP contribution in [0, 0.1) is 5.92 Å². The molecule has 2 aromatic rings. The molecule has 0 saturated carbocycles. The van der Waals surface area contributed by atoms with Crippen LogP contribution in [0.4, 0.5) is 0 Å². The Bertz CT molecular complexity index is 958. The van der Waals surface area contributed by atoms with Crippen molar-refractivity contribution in [2.45, 2.75) is 26.4 Å². The van der Waals surface area contributed by atoms with Gasteiger partial charge >= 0.3 is 0 Å². The number of amides is 2. The van der Waals surface area contributed by atoms with Crippen LogP contribution in [0.5, 0.6) is 17.2 Å². The fourth-order valence-corrected chi connectivity index (χ4v) is 4.01. The van der Waals surface area contributed by atoms with Gasteiger partial charge in [-0.3, -0.25) is 14.5 Å². The fraction of sp³-hybridized carbons (Fsp3) is 0.440. The Kier molecular flexibility index (Phi) is 7.34. The summed E-state index contributed by atoms with van der Waals surface area (Å²) in [6.07, 6.45) is 0. The van der Waals surface area contributed by atoms with Crippen LogP contribution in [-0.4, -0.2) is 67.2 Å². The first-order chi connectivity index (χ1) is 16.0. The zero-order valence-electron chi connectivity index (χ0n) is 19.2. The Morgan fingerprint density at radius 2 is 1.73 bits per heavy atom. The zero-order valence-corrected chi connectivity index (χ0v) is 19.2. The number of piperazine rings is 1. The molecule has 1 fully saturated rings. The molecule has 0 bridgehead atoms. The number of nitrogens with one attached hydrogen (secondary N) is 1. The van der Waals surface area contributed by atoms with Crippen LogP contribution in [0.1, 0.15) is 19.4 Å². The highest BCUT2D eigenvalue weighted by Gasteiger charge is 2.31. The third-order valence-corrected chi connectivity index (χ3v) is 5.89. The van der Waals surface area contributed by atoms with E-state index in [1.165, 1.54) is 0 Å². The number of fused-ring (bicyclic) bond motifs is 1. The van der Waals surface area contributed by atoms with Gasteiger partial charge in [-0.1, -0.05) is 38.1 Å². The van der Waals surface area contributed by atoms with Gasteiger partial charge in [-0.2, -0.15) is 0 Å². The molecule has 1 saturated heterocycles. The van der Waals surface area contributed by atoms with Gasteiger partial charge in [-0.15, -0.1) is 0 Å². The van der Waals surface area contributed by atoms with E-state index in [1.54, 1.807) is 12.1 Å². The van der Waals surface area contributed by atoms with Crippen LogP contribution in [0.2, 0.25) is 0 Å². The largest absolute Gasteiger partial charge is 0.484 e. The van der Waals surface area contributed by atoms with Crippen molar-refractivity contribution in [1.29, 1.82) is 0 Å². The minimum atomic E-state index is -0.572. The van der Waals surface area contributed by atoms with Gasteiger partial charge in [0.2, 0.25) is 12.7 Å². The van der Waals surface area contributed by atoms with Gasteiger partial charge in [0, 0.05) is 32.7 Å². The van der Waals surface area contributed by atoms with Gasteiger partial charge in [-0.05, 0) is 35.7 Å². The maximum atomic E-state index is 13.2. The lowest BCUT2D eigenvalue weighted by Gasteiger charge is -2.37. The Labute approximate surface area is 194 Å². The normalized spacial score (nSPS) is 16.5. The second-order valence-corrected chi connectivity index (χ2v) is 8.68. The maximum absolute atomic E-state index is 13.2. The molecule has 0 radical (unpaired) electrons. The summed E-state index contributed by atoms with van der Waals surface area (Å²) < 4.78 is 16.3. The molecule has 1 atom stereocenters. The molecule has 2 heterocycles. The summed E-state index contributed by atoms with van der Waals surface area (Å²) in [4.78, 5) is 29.7. The first-order valence-electron chi connectivity index (χ1n) is 11.4. The van der Waals surface area contributed by atoms with E-state index in [0.29, 0.717) is 18.8 Å². The average Bonchev–Trinajstić information content (AvgIpc) is 3.30. The molecule has 8 nitrogen and oxygen atoms in total. The first-order valence-corrected chi connectivity index (χ1v) is 11.4. The van der Waals surface area contributed by atoms with Gasteiger partial charge in [0.1, 0.15) is 11.8 Å². The predicted molar refractivity (Wildman–Crippen MR) is 123 cm³/mol. The van der Waals surface area contributed by atoms with Crippen LogP contribution in [0.3, 0.4) is 0 Å². The van der Waals surface area contributed by atoms with Gasteiger partial charge < -0.3 is 24.4 Å². The third kappa shape index (κ3) is 5.96. The van der Waals surface area contributed by atoms with Crippen LogP contribution < -0.4 is 19.5 Å². The van der Waals surface area contributed by atoms with E-state index in [-0.39, 0.29) is 31.1 Å². The zero-order chi connectivity index (χ0) is 23.2. The van der Waals surface area contributed by atoms with Crippen molar-refractivity contribution in [3.8, 4) is 17.2 Å². The Hall–Kier alpha value is -3.26. The molecule has 0 aliphatic carbocycles. The van der Waals surface area contributed by atoms with E-state index in [4.69, 9.17) is 14.2 Å². The molecule has 8 heteroatoms. The quantitative estimate of drug-likeness (QED) is 0.661. The van der Waals surface area contributed by atoms with Crippen LogP contribution in [-0.2, 0) is 16.1 Å². The highest BCUT2D eigenvalue weighted by Crippen LogP contribution is 2.32. The second-order valence-electron chi connectivity index (χ2n) is 8.68. The highest BCUT2D eigenvalue weighted by atomic mass is 16.7. The number of nitrogens with zero attached hydrogens (tertiary/aromatic N) is 2. The van der Waals surface area contributed by atoms with Crippen molar-refractivity contribution in [2.75, 3.05) is 39.6 Å². The molecule has 1 N–H and O–H groups in total. The molecule has 0 aromatic heterocycles. The van der Waals surface area contributed by atoms with E-state index < -0.39 is 6.04 Å². The summed E-state index contributed by atoms with van der Waals surface area (Å²) in [5, 5.41) is 2.86. The Morgan fingerprint density at radius 3 is 2.45 bits per heavy atom. The SMILES string of the molecule is CC(C)[C@H](NC(=O)COc1ccccc1)C(=O)N1CCN(Cc2ccc3c(c2)OCO3)CC1.